The molecule has 4 unspecified atom stereocenters. The Hall–Kier alpha value is -0.930. The molecule has 1 saturated carbocycles. The fourth-order valence-corrected chi connectivity index (χ4v) is 6.60. The van der Waals surface area contributed by atoms with Gasteiger partial charge in [-0.1, -0.05) is 25.5 Å². The van der Waals surface area contributed by atoms with Gasteiger partial charge in [0.2, 0.25) is 0 Å². The molecule has 0 radical (unpaired) electrons. The lowest BCUT2D eigenvalue weighted by atomic mass is 9.58. The molecule has 2 fully saturated rings. The molecular weight excluding hydrogens is 312 g/mol. The molecule has 0 amide bonds. The predicted molar refractivity (Wildman–Crippen MR) is 95.9 cm³/mol. The van der Waals surface area contributed by atoms with Crippen molar-refractivity contribution >= 4 is 5.78 Å². The van der Waals surface area contributed by atoms with E-state index in [0.29, 0.717) is 23.5 Å². The summed E-state index contributed by atoms with van der Waals surface area (Å²) in [6.07, 6.45) is 11.0. The molecule has 3 heteroatoms. The fourth-order valence-electron chi connectivity index (χ4n) is 6.60. The van der Waals surface area contributed by atoms with Gasteiger partial charge in [-0.05, 0) is 61.5 Å². The summed E-state index contributed by atoms with van der Waals surface area (Å²) in [6, 6.07) is 0. The molecule has 0 aromatic carbocycles. The number of rotatable bonds is 1. The third kappa shape index (κ3) is 2.21. The number of fused-ring (bicyclic) bond motifs is 4. The molecule has 3 nitrogen and oxygen atoms in total. The van der Waals surface area contributed by atoms with E-state index < -0.39 is 0 Å². The van der Waals surface area contributed by atoms with Gasteiger partial charge < -0.3 is 9.47 Å². The molecule has 136 valence electrons. The van der Waals surface area contributed by atoms with Crippen LogP contribution < -0.4 is 0 Å². The minimum absolute atomic E-state index is 0.0968. The van der Waals surface area contributed by atoms with E-state index in [-0.39, 0.29) is 11.2 Å². The maximum Gasteiger partial charge on any atom is 0.172 e. The fraction of sp³-hybridized carbons (Fsp3) is 0.773. The minimum Gasteiger partial charge on any atom is -0.347 e. The summed E-state index contributed by atoms with van der Waals surface area (Å²) in [7, 11) is 0. The first-order valence-corrected chi connectivity index (χ1v) is 10.3. The number of carbonyl (C=O) groups excluding carboxylic acids is 1. The van der Waals surface area contributed by atoms with E-state index in [1.54, 1.807) is 16.7 Å². The first-order valence-electron chi connectivity index (χ1n) is 10.3. The molecule has 5 aliphatic rings. The summed E-state index contributed by atoms with van der Waals surface area (Å²) >= 11 is 0. The zero-order valence-corrected chi connectivity index (χ0v) is 15.6. The number of Topliss-reactive ketones (excluding diaryl/α,β-unsaturated/α-hetero) is 1. The van der Waals surface area contributed by atoms with Gasteiger partial charge in [0.25, 0.3) is 0 Å². The van der Waals surface area contributed by atoms with Gasteiger partial charge in [-0.25, -0.2) is 0 Å². The molecule has 1 aliphatic heterocycles. The van der Waals surface area contributed by atoms with Crippen LogP contribution in [0, 0.1) is 23.2 Å². The van der Waals surface area contributed by atoms with Gasteiger partial charge in [0.15, 0.2) is 5.79 Å². The van der Waals surface area contributed by atoms with Crippen molar-refractivity contribution in [2.75, 3.05) is 13.2 Å². The average Bonchev–Trinajstić information content (AvgIpc) is 3.17. The first kappa shape index (κ1) is 16.3. The number of ether oxygens (including phenoxy) is 2. The lowest BCUT2D eigenvalue weighted by Gasteiger charge is -2.46. The van der Waals surface area contributed by atoms with E-state index in [9.17, 15) is 4.79 Å². The summed E-state index contributed by atoms with van der Waals surface area (Å²) in [6.45, 7) is 5.92. The Kier molecular flexibility index (Phi) is 3.60. The predicted octanol–water partition coefficient (Wildman–Crippen LogP) is 4.57. The molecule has 4 aliphatic carbocycles. The Morgan fingerprint density at radius 3 is 2.80 bits per heavy atom. The zero-order chi connectivity index (χ0) is 17.2. The van der Waals surface area contributed by atoms with Crippen LogP contribution in [0.3, 0.4) is 0 Å². The van der Waals surface area contributed by atoms with Crippen LogP contribution in [-0.2, 0) is 14.3 Å². The second kappa shape index (κ2) is 5.53. The van der Waals surface area contributed by atoms with Gasteiger partial charge in [-0.3, -0.25) is 4.79 Å². The molecule has 0 aromatic heterocycles. The van der Waals surface area contributed by atoms with Crippen LogP contribution in [0.1, 0.15) is 65.2 Å². The van der Waals surface area contributed by atoms with E-state index in [2.05, 4.69) is 19.9 Å². The average molecular weight is 342 g/mol. The smallest absolute Gasteiger partial charge is 0.172 e. The SMILES string of the molecule is CCC1CC2C3CCC4=C(CCC5(C4)OCCO5)C3=CCC2(C)C1=O. The number of carbonyl (C=O) groups is 1. The topological polar surface area (TPSA) is 35.5 Å². The van der Waals surface area contributed by atoms with Gasteiger partial charge in [0.05, 0.1) is 13.2 Å². The molecule has 1 spiro atoms. The van der Waals surface area contributed by atoms with Gasteiger partial charge in [0, 0.05) is 24.2 Å². The second-order valence-electron chi connectivity index (χ2n) is 9.10. The number of ketones is 1. The largest absolute Gasteiger partial charge is 0.347 e. The van der Waals surface area contributed by atoms with Crippen molar-refractivity contribution in [2.24, 2.45) is 23.2 Å². The Bertz CT molecular complexity index is 667. The van der Waals surface area contributed by atoms with E-state index in [0.717, 1.165) is 51.7 Å². The summed E-state index contributed by atoms with van der Waals surface area (Å²) in [5.41, 5.74) is 4.69. The van der Waals surface area contributed by atoms with Crippen molar-refractivity contribution in [3.05, 3.63) is 22.8 Å². The molecule has 1 heterocycles. The van der Waals surface area contributed by atoms with Crippen molar-refractivity contribution in [1.82, 2.24) is 0 Å². The van der Waals surface area contributed by atoms with Crippen LogP contribution in [0.15, 0.2) is 22.8 Å². The van der Waals surface area contributed by atoms with Crippen molar-refractivity contribution < 1.29 is 14.3 Å². The van der Waals surface area contributed by atoms with Crippen LogP contribution in [0.25, 0.3) is 0 Å². The molecule has 1 saturated heterocycles. The van der Waals surface area contributed by atoms with Crippen molar-refractivity contribution in [3.63, 3.8) is 0 Å². The highest BCUT2D eigenvalue weighted by Crippen LogP contribution is 2.60. The monoisotopic (exact) mass is 342 g/mol. The molecule has 0 aromatic rings. The summed E-state index contributed by atoms with van der Waals surface area (Å²) in [4.78, 5) is 12.9. The van der Waals surface area contributed by atoms with Crippen LogP contribution in [0.5, 0.6) is 0 Å². The second-order valence-corrected chi connectivity index (χ2v) is 9.10. The normalized spacial score (nSPS) is 42.2. The van der Waals surface area contributed by atoms with Crippen molar-refractivity contribution in [2.45, 2.75) is 71.0 Å². The van der Waals surface area contributed by atoms with Crippen molar-refractivity contribution in [1.29, 1.82) is 0 Å². The Morgan fingerprint density at radius 2 is 2.04 bits per heavy atom. The van der Waals surface area contributed by atoms with Crippen LogP contribution in [0.4, 0.5) is 0 Å². The number of hydrogen-bond donors (Lipinski definition) is 0. The van der Waals surface area contributed by atoms with Gasteiger partial charge in [0.1, 0.15) is 5.78 Å². The van der Waals surface area contributed by atoms with Crippen LogP contribution in [-0.4, -0.2) is 24.8 Å². The van der Waals surface area contributed by atoms with Crippen LogP contribution in [0.2, 0.25) is 0 Å². The summed E-state index contributed by atoms with van der Waals surface area (Å²) in [5, 5.41) is 0. The lowest BCUT2D eigenvalue weighted by molar-refractivity contribution is -0.164. The maximum atomic E-state index is 12.9. The zero-order valence-electron chi connectivity index (χ0n) is 15.6. The highest BCUT2D eigenvalue weighted by Gasteiger charge is 2.56. The molecule has 25 heavy (non-hydrogen) atoms. The van der Waals surface area contributed by atoms with Gasteiger partial charge in [-0.15, -0.1) is 0 Å². The highest BCUT2D eigenvalue weighted by atomic mass is 16.7. The van der Waals surface area contributed by atoms with Crippen LogP contribution >= 0.6 is 0 Å². The Labute approximate surface area is 150 Å². The van der Waals surface area contributed by atoms with E-state index in [4.69, 9.17) is 9.47 Å². The third-order valence-electron chi connectivity index (χ3n) is 8.00. The standard InChI is InChI=1S/C22H30O3/c1-3-14-12-19-18-5-4-15-13-22(24-10-11-25-22)9-7-16(15)17(18)6-8-21(19,2)20(14)23/h6,14,18-19H,3-5,7-13H2,1-2H3. The Balaban J connectivity index is 1.47. The molecule has 0 bridgehead atoms. The van der Waals surface area contributed by atoms with E-state index >= 15 is 0 Å². The molecule has 4 atom stereocenters. The third-order valence-corrected chi connectivity index (χ3v) is 8.00. The summed E-state index contributed by atoms with van der Waals surface area (Å²) < 4.78 is 11.9. The van der Waals surface area contributed by atoms with E-state index in [1.165, 1.54) is 12.8 Å². The summed E-state index contributed by atoms with van der Waals surface area (Å²) in [5.74, 6) is 1.70. The minimum atomic E-state index is -0.313. The molecule has 5 rings (SSSR count). The quantitative estimate of drug-likeness (QED) is 0.700. The molecule has 0 N–H and O–H groups in total. The lowest BCUT2D eigenvalue weighted by Crippen LogP contribution is -2.41. The highest BCUT2D eigenvalue weighted by molar-refractivity contribution is 5.90. The maximum absolute atomic E-state index is 12.9. The van der Waals surface area contributed by atoms with E-state index in [1.807, 2.05) is 0 Å². The Morgan fingerprint density at radius 1 is 1.24 bits per heavy atom. The first-order chi connectivity index (χ1) is 12.1. The van der Waals surface area contributed by atoms with Crippen molar-refractivity contribution in [3.8, 4) is 0 Å². The molecular formula is C22H30O3. The van der Waals surface area contributed by atoms with Gasteiger partial charge in [-0.2, -0.15) is 0 Å². The number of hydrogen-bond acceptors (Lipinski definition) is 3. The van der Waals surface area contributed by atoms with Gasteiger partial charge >= 0.3 is 0 Å². The number of allylic oxidation sites excluding steroid dienone is 3.